The van der Waals surface area contributed by atoms with Gasteiger partial charge in [-0.1, -0.05) is 15.9 Å². The molecule has 0 radical (unpaired) electrons. The molecule has 0 saturated carbocycles. The summed E-state index contributed by atoms with van der Waals surface area (Å²) in [6.07, 6.45) is 0.791. The molecule has 0 amide bonds. The average Bonchev–Trinajstić information content (AvgIpc) is 2.57. The lowest BCUT2D eigenvalue weighted by molar-refractivity contribution is 0.152. The topological polar surface area (TPSA) is 12.5 Å². The largest absolute Gasteiger partial charge is 0.380 e. The molecule has 1 aliphatic rings. The Hall–Kier alpha value is -0.680. The minimum Gasteiger partial charge on any atom is -0.380 e. The van der Waals surface area contributed by atoms with Crippen molar-refractivity contribution in [3.05, 3.63) is 29.3 Å². The normalized spacial score (nSPS) is 17.0. The molecular formula is C12H14BrF2NO. The summed E-state index contributed by atoms with van der Waals surface area (Å²) in [7, 11) is 0. The average molecular weight is 306 g/mol. The van der Waals surface area contributed by atoms with Gasteiger partial charge in [0.2, 0.25) is 0 Å². The van der Waals surface area contributed by atoms with Gasteiger partial charge in [0.15, 0.2) is 0 Å². The number of benzene rings is 1. The first kappa shape index (κ1) is 12.8. The van der Waals surface area contributed by atoms with Crippen molar-refractivity contribution in [2.24, 2.45) is 0 Å². The van der Waals surface area contributed by atoms with Crippen LogP contribution in [-0.2, 0) is 10.1 Å². The molecule has 0 aromatic heterocycles. The molecule has 1 aromatic carbocycles. The molecule has 17 heavy (non-hydrogen) atoms. The summed E-state index contributed by atoms with van der Waals surface area (Å²) in [6, 6.07) is 2.75. The van der Waals surface area contributed by atoms with Crippen LogP contribution in [0, 0.1) is 11.6 Å². The molecule has 0 atom stereocenters. The van der Waals surface area contributed by atoms with Crippen LogP contribution >= 0.6 is 15.9 Å². The Morgan fingerprint density at radius 2 is 1.88 bits per heavy atom. The van der Waals surface area contributed by atoms with E-state index < -0.39 is 11.6 Å². The number of halogens is 3. The van der Waals surface area contributed by atoms with Crippen LogP contribution in [0.3, 0.4) is 0 Å². The van der Waals surface area contributed by atoms with Gasteiger partial charge in [-0.15, -0.1) is 0 Å². The van der Waals surface area contributed by atoms with Gasteiger partial charge in [-0.05, 0) is 24.1 Å². The predicted octanol–water partition coefficient (Wildman–Crippen LogP) is 3.09. The fourth-order valence-corrected chi connectivity index (χ4v) is 2.29. The van der Waals surface area contributed by atoms with Gasteiger partial charge in [0.1, 0.15) is 17.3 Å². The molecule has 94 valence electrons. The zero-order chi connectivity index (χ0) is 12.3. The quantitative estimate of drug-likeness (QED) is 0.779. The number of alkyl halides is 1. The highest BCUT2D eigenvalue weighted by atomic mass is 79.9. The van der Waals surface area contributed by atoms with E-state index >= 15 is 0 Å². The second kappa shape index (κ2) is 5.78. The highest BCUT2D eigenvalue weighted by molar-refractivity contribution is 9.08. The van der Waals surface area contributed by atoms with Gasteiger partial charge < -0.3 is 9.64 Å². The SMILES string of the molecule is Fc1cc(CBr)cc(F)c1N1CCCOCC1. The van der Waals surface area contributed by atoms with Crippen molar-refractivity contribution in [2.45, 2.75) is 11.8 Å². The van der Waals surface area contributed by atoms with Crippen molar-refractivity contribution in [3.63, 3.8) is 0 Å². The summed E-state index contributed by atoms with van der Waals surface area (Å²) >= 11 is 3.19. The molecule has 1 heterocycles. The Morgan fingerprint density at radius 1 is 1.18 bits per heavy atom. The number of hydrogen-bond acceptors (Lipinski definition) is 2. The Balaban J connectivity index is 2.30. The molecule has 2 rings (SSSR count). The molecule has 0 unspecified atom stereocenters. The standard InChI is InChI=1S/C12H14BrF2NO/c13-8-9-6-10(14)12(11(15)7-9)16-2-1-4-17-5-3-16/h6-7H,1-5,8H2. The van der Waals surface area contributed by atoms with Crippen LogP contribution in [-0.4, -0.2) is 26.3 Å². The van der Waals surface area contributed by atoms with Crippen molar-refractivity contribution in [1.29, 1.82) is 0 Å². The third-order valence-electron chi connectivity index (χ3n) is 2.77. The number of anilines is 1. The molecule has 0 aliphatic carbocycles. The van der Waals surface area contributed by atoms with E-state index in [0.29, 0.717) is 37.2 Å². The van der Waals surface area contributed by atoms with Crippen LogP contribution in [0.5, 0.6) is 0 Å². The van der Waals surface area contributed by atoms with E-state index in [1.54, 1.807) is 4.90 Å². The van der Waals surface area contributed by atoms with E-state index in [1.807, 2.05) is 0 Å². The summed E-state index contributed by atoms with van der Waals surface area (Å²) in [6.45, 7) is 2.32. The van der Waals surface area contributed by atoms with Crippen LogP contribution < -0.4 is 4.90 Å². The summed E-state index contributed by atoms with van der Waals surface area (Å²) in [4.78, 5) is 1.72. The molecule has 0 N–H and O–H groups in total. The van der Waals surface area contributed by atoms with Crippen LogP contribution in [0.2, 0.25) is 0 Å². The molecule has 0 spiro atoms. The first-order valence-corrected chi connectivity index (χ1v) is 6.71. The van der Waals surface area contributed by atoms with Crippen molar-refractivity contribution in [1.82, 2.24) is 0 Å². The minimum atomic E-state index is -0.499. The van der Waals surface area contributed by atoms with Gasteiger partial charge in [0.25, 0.3) is 0 Å². The van der Waals surface area contributed by atoms with Gasteiger partial charge in [-0.25, -0.2) is 8.78 Å². The molecule has 2 nitrogen and oxygen atoms in total. The van der Waals surface area contributed by atoms with Crippen molar-refractivity contribution < 1.29 is 13.5 Å². The van der Waals surface area contributed by atoms with Crippen LogP contribution in [0.1, 0.15) is 12.0 Å². The zero-order valence-corrected chi connectivity index (χ0v) is 11.0. The Labute approximate surface area is 108 Å². The van der Waals surface area contributed by atoms with E-state index in [-0.39, 0.29) is 5.69 Å². The number of nitrogens with zero attached hydrogens (tertiary/aromatic N) is 1. The van der Waals surface area contributed by atoms with Gasteiger partial charge in [0.05, 0.1) is 6.61 Å². The van der Waals surface area contributed by atoms with Crippen LogP contribution in [0.15, 0.2) is 12.1 Å². The predicted molar refractivity (Wildman–Crippen MR) is 66.6 cm³/mol. The lowest BCUT2D eigenvalue weighted by Crippen LogP contribution is -2.28. The molecule has 5 heteroatoms. The summed E-state index contributed by atoms with van der Waals surface area (Å²) in [5, 5.41) is 0.449. The summed E-state index contributed by atoms with van der Waals surface area (Å²) in [5.41, 5.74) is 0.676. The molecule has 0 bridgehead atoms. The number of rotatable bonds is 2. The maximum atomic E-state index is 13.9. The fourth-order valence-electron chi connectivity index (χ4n) is 1.97. The lowest BCUT2D eigenvalue weighted by Gasteiger charge is -2.23. The highest BCUT2D eigenvalue weighted by Gasteiger charge is 2.19. The Morgan fingerprint density at radius 3 is 2.53 bits per heavy atom. The van der Waals surface area contributed by atoms with E-state index in [9.17, 15) is 8.78 Å². The molecule has 1 saturated heterocycles. The summed E-state index contributed by atoms with van der Waals surface area (Å²) < 4.78 is 33.0. The van der Waals surface area contributed by atoms with Gasteiger partial charge >= 0.3 is 0 Å². The molecule has 1 fully saturated rings. The van der Waals surface area contributed by atoms with Crippen molar-refractivity contribution in [2.75, 3.05) is 31.2 Å². The second-order valence-corrected chi connectivity index (χ2v) is 4.56. The van der Waals surface area contributed by atoms with E-state index in [2.05, 4.69) is 15.9 Å². The van der Waals surface area contributed by atoms with Gasteiger partial charge in [-0.2, -0.15) is 0 Å². The second-order valence-electron chi connectivity index (χ2n) is 3.99. The van der Waals surface area contributed by atoms with E-state index in [0.717, 1.165) is 6.42 Å². The first-order chi connectivity index (χ1) is 8.22. The van der Waals surface area contributed by atoms with Gasteiger partial charge in [0, 0.05) is 25.0 Å². The summed E-state index contributed by atoms with van der Waals surface area (Å²) in [5.74, 6) is -0.997. The fraction of sp³-hybridized carbons (Fsp3) is 0.500. The highest BCUT2D eigenvalue weighted by Crippen LogP contribution is 2.26. The Bertz CT molecular complexity index is 369. The monoisotopic (exact) mass is 305 g/mol. The van der Waals surface area contributed by atoms with Crippen LogP contribution in [0.4, 0.5) is 14.5 Å². The smallest absolute Gasteiger partial charge is 0.149 e. The first-order valence-electron chi connectivity index (χ1n) is 5.59. The molecule has 1 aliphatic heterocycles. The zero-order valence-electron chi connectivity index (χ0n) is 9.39. The molecule has 1 aromatic rings. The minimum absolute atomic E-state index is 0.0696. The lowest BCUT2D eigenvalue weighted by atomic mass is 10.2. The number of ether oxygens (including phenoxy) is 1. The van der Waals surface area contributed by atoms with Crippen molar-refractivity contribution >= 4 is 21.6 Å². The third kappa shape index (κ3) is 2.96. The maximum Gasteiger partial charge on any atom is 0.149 e. The number of hydrogen-bond donors (Lipinski definition) is 0. The third-order valence-corrected chi connectivity index (χ3v) is 3.42. The van der Waals surface area contributed by atoms with E-state index in [4.69, 9.17) is 4.74 Å². The van der Waals surface area contributed by atoms with Crippen molar-refractivity contribution in [3.8, 4) is 0 Å². The van der Waals surface area contributed by atoms with Gasteiger partial charge in [-0.3, -0.25) is 0 Å². The molecular weight excluding hydrogens is 292 g/mol. The Kier molecular flexibility index (Phi) is 4.34. The van der Waals surface area contributed by atoms with Crippen LogP contribution in [0.25, 0.3) is 0 Å². The maximum absolute atomic E-state index is 13.9. The van der Waals surface area contributed by atoms with E-state index in [1.165, 1.54) is 12.1 Å².